The first kappa shape index (κ1) is 14.3. The number of aryl methyl sites for hydroxylation is 1. The first-order valence-corrected chi connectivity index (χ1v) is 7.25. The van der Waals surface area contributed by atoms with Gasteiger partial charge in [0.2, 0.25) is 5.43 Å². The summed E-state index contributed by atoms with van der Waals surface area (Å²) < 4.78 is 7.11. The Hall–Kier alpha value is -1.63. The van der Waals surface area contributed by atoms with Crippen LogP contribution in [0.2, 0.25) is 10.0 Å². The van der Waals surface area contributed by atoms with Crippen LogP contribution in [-0.4, -0.2) is 14.8 Å². The zero-order valence-electron chi connectivity index (χ0n) is 10.8. The van der Waals surface area contributed by atoms with Crippen molar-refractivity contribution in [2.45, 2.75) is 13.5 Å². The molecular formula is C13H9Cl2N3O2S. The van der Waals surface area contributed by atoms with E-state index in [0.717, 1.165) is 0 Å². The van der Waals surface area contributed by atoms with Gasteiger partial charge in [-0.05, 0) is 31.3 Å². The Balaban J connectivity index is 2.43. The maximum absolute atomic E-state index is 12.6. The second-order valence-corrected chi connectivity index (χ2v) is 5.54. The molecule has 0 aliphatic carbocycles. The van der Waals surface area contributed by atoms with Crippen LogP contribution >= 0.6 is 35.4 Å². The molecule has 0 saturated carbocycles. The van der Waals surface area contributed by atoms with E-state index in [4.69, 9.17) is 39.8 Å². The standard InChI is InChI=1S/C13H9Cl2N3O2S/c1-2-18-5-7(12-16-17-13(21)20-12)11(19)6-3-8(14)9(15)4-10(6)18/h3-5H,2H2,1H3,(H,17,21). The molecule has 108 valence electrons. The van der Waals surface area contributed by atoms with Gasteiger partial charge in [-0.2, -0.15) is 0 Å². The van der Waals surface area contributed by atoms with Crippen molar-refractivity contribution < 1.29 is 4.42 Å². The summed E-state index contributed by atoms with van der Waals surface area (Å²) in [6.07, 6.45) is 1.67. The lowest BCUT2D eigenvalue weighted by molar-refractivity contribution is 0.551. The van der Waals surface area contributed by atoms with Crippen LogP contribution in [0.1, 0.15) is 6.92 Å². The molecule has 2 heterocycles. The summed E-state index contributed by atoms with van der Waals surface area (Å²) in [6.45, 7) is 2.60. The van der Waals surface area contributed by atoms with E-state index in [1.807, 2.05) is 11.5 Å². The summed E-state index contributed by atoms with van der Waals surface area (Å²) in [5.41, 5.74) is 0.781. The van der Waals surface area contributed by atoms with Crippen molar-refractivity contribution in [1.82, 2.24) is 14.8 Å². The Morgan fingerprint density at radius 3 is 2.71 bits per heavy atom. The summed E-state index contributed by atoms with van der Waals surface area (Å²) in [6, 6.07) is 3.23. The van der Waals surface area contributed by atoms with Gasteiger partial charge in [0, 0.05) is 18.1 Å². The van der Waals surface area contributed by atoms with E-state index < -0.39 is 0 Å². The molecule has 21 heavy (non-hydrogen) atoms. The number of H-pyrrole nitrogens is 1. The number of benzene rings is 1. The molecule has 0 atom stereocenters. The number of aromatic amines is 1. The maximum Gasteiger partial charge on any atom is 0.284 e. The number of pyridine rings is 1. The molecule has 0 amide bonds. The van der Waals surface area contributed by atoms with Gasteiger partial charge in [-0.3, -0.25) is 4.79 Å². The molecule has 0 spiro atoms. The molecule has 3 aromatic rings. The third-order valence-corrected chi connectivity index (χ3v) is 4.03. The number of hydrogen-bond donors (Lipinski definition) is 1. The molecule has 0 bridgehead atoms. The topological polar surface area (TPSA) is 63.8 Å². The van der Waals surface area contributed by atoms with Crippen molar-refractivity contribution in [2.75, 3.05) is 0 Å². The molecule has 0 unspecified atom stereocenters. The number of aromatic nitrogens is 3. The van der Waals surface area contributed by atoms with E-state index in [0.29, 0.717) is 33.1 Å². The van der Waals surface area contributed by atoms with Gasteiger partial charge in [0.05, 0.1) is 15.6 Å². The molecule has 0 saturated heterocycles. The largest absolute Gasteiger partial charge is 0.409 e. The van der Waals surface area contributed by atoms with Crippen LogP contribution in [0.3, 0.4) is 0 Å². The van der Waals surface area contributed by atoms with Crippen molar-refractivity contribution >= 4 is 46.3 Å². The van der Waals surface area contributed by atoms with Gasteiger partial charge in [-0.25, -0.2) is 5.10 Å². The van der Waals surface area contributed by atoms with Crippen LogP contribution in [0.25, 0.3) is 22.4 Å². The Bertz CT molecular complexity index is 958. The summed E-state index contributed by atoms with van der Waals surface area (Å²) in [5, 5.41) is 7.58. The zero-order chi connectivity index (χ0) is 15.1. The van der Waals surface area contributed by atoms with E-state index in [1.54, 1.807) is 18.3 Å². The molecule has 1 N–H and O–H groups in total. The summed E-state index contributed by atoms with van der Waals surface area (Å²) >= 11 is 16.9. The van der Waals surface area contributed by atoms with Gasteiger partial charge in [0.25, 0.3) is 10.7 Å². The van der Waals surface area contributed by atoms with Crippen molar-refractivity contribution in [3.63, 3.8) is 0 Å². The van der Waals surface area contributed by atoms with Crippen LogP contribution in [0.5, 0.6) is 0 Å². The lowest BCUT2D eigenvalue weighted by Gasteiger charge is -2.11. The summed E-state index contributed by atoms with van der Waals surface area (Å²) in [5.74, 6) is 0.153. The lowest BCUT2D eigenvalue weighted by atomic mass is 10.1. The molecule has 2 aromatic heterocycles. The van der Waals surface area contributed by atoms with E-state index in [2.05, 4.69) is 10.2 Å². The van der Waals surface area contributed by atoms with Gasteiger partial charge in [0.15, 0.2) is 0 Å². The molecule has 0 aliphatic heterocycles. The fourth-order valence-corrected chi connectivity index (χ4v) is 2.59. The van der Waals surface area contributed by atoms with E-state index in [-0.39, 0.29) is 16.2 Å². The van der Waals surface area contributed by atoms with Crippen molar-refractivity contribution in [3.8, 4) is 11.5 Å². The van der Waals surface area contributed by atoms with Crippen molar-refractivity contribution in [1.29, 1.82) is 0 Å². The van der Waals surface area contributed by atoms with Crippen LogP contribution < -0.4 is 5.43 Å². The van der Waals surface area contributed by atoms with Crippen LogP contribution in [-0.2, 0) is 6.54 Å². The quantitative estimate of drug-likeness (QED) is 0.714. The Morgan fingerprint density at radius 1 is 1.38 bits per heavy atom. The second kappa shape index (κ2) is 5.29. The highest BCUT2D eigenvalue weighted by Crippen LogP contribution is 2.28. The minimum Gasteiger partial charge on any atom is -0.409 e. The summed E-state index contributed by atoms with van der Waals surface area (Å²) in [4.78, 5) is 12.7. The molecule has 0 aliphatic rings. The third-order valence-electron chi connectivity index (χ3n) is 3.13. The molecule has 8 heteroatoms. The average molecular weight is 342 g/mol. The number of rotatable bonds is 2. The number of nitrogens with zero attached hydrogens (tertiary/aromatic N) is 2. The normalized spacial score (nSPS) is 11.2. The van der Waals surface area contributed by atoms with E-state index in [9.17, 15) is 4.79 Å². The predicted octanol–water partition coefficient (Wildman–Crippen LogP) is 4.04. The van der Waals surface area contributed by atoms with Gasteiger partial charge in [-0.1, -0.05) is 23.2 Å². The van der Waals surface area contributed by atoms with E-state index in [1.165, 1.54) is 0 Å². The number of nitrogens with one attached hydrogen (secondary N) is 1. The maximum atomic E-state index is 12.6. The monoisotopic (exact) mass is 341 g/mol. The zero-order valence-corrected chi connectivity index (χ0v) is 13.1. The number of fused-ring (bicyclic) bond motifs is 1. The Kier molecular flexibility index (Phi) is 3.61. The second-order valence-electron chi connectivity index (χ2n) is 4.36. The van der Waals surface area contributed by atoms with Crippen LogP contribution in [0.4, 0.5) is 0 Å². The van der Waals surface area contributed by atoms with Crippen LogP contribution in [0.15, 0.2) is 27.5 Å². The molecular weight excluding hydrogens is 333 g/mol. The Labute approximate surface area is 134 Å². The lowest BCUT2D eigenvalue weighted by Crippen LogP contribution is -2.12. The molecule has 5 nitrogen and oxygen atoms in total. The fourth-order valence-electron chi connectivity index (χ4n) is 2.14. The molecule has 0 fully saturated rings. The van der Waals surface area contributed by atoms with Gasteiger partial charge in [-0.15, -0.1) is 5.10 Å². The third kappa shape index (κ3) is 2.39. The smallest absolute Gasteiger partial charge is 0.284 e. The van der Waals surface area contributed by atoms with Crippen LogP contribution in [0, 0.1) is 4.84 Å². The highest BCUT2D eigenvalue weighted by Gasteiger charge is 2.15. The Morgan fingerprint density at radius 2 is 2.10 bits per heavy atom. The van der Waals surface area contributed by atoms with Crippen molar-refractivity contribution in [2.24, 2.45) is 0 Å². The molecule has 1 aromatic carbocycles. The van der Waals surface area contributed by atoms with Crippen molar-refractivity contribution in [3.05, 3.63) is 43.4 Å². The predicted molar refractivity (Wildman–Crippen MR) is 84.6 cm³/mol. The minimum atomic E-state index is -0.237. The highest BCUT2D eigenvalue weighted by atomic mass is 35.5. The van der Waals surface area contributed by atoms with Gasteiger partial charge in [0.1, 0.15) is 5.56 Å². The molecule has 0 radical (unpaired) electrons. The first-order chi connectivity index (χ1) is 10.0. The highest BCUT2D eigenvalue weighted by molar-refractivity contribution is 7.71. The summed E-state index contributed by atoms with van der Waals surface area (Å²) in [7, 11) is 0. The first-order valence-electron chi connectivity index (χ1n) is 6.09. The minimum absolute atomic E-state index is 0.113. The SMILES string of the molecule is CCn1cc(-c2n[nH]c(=S)o2)c(=O)c2cc(Cl)c(Cl)cc21. The fraction of sp³-hybridized carbons (Fsp3) is 0.154. The van der Waals surface area contributed by atoms with Gasteiger partial charge >= 0.3 is 0 Å². The number of hydrogen-bond acceptors (Lipinski definition) is 4. The van der Waals surface area contributed by atoms with Gasteiger partial charge < -0.3 is 8.98 Å². The number of halogens is 2. The average Bonchev–Trinajstić information content (AvgIpc) is 2.88. The molecule has 3 rings (SSSR count). The van der Waals surface area contributed by atoms with E-state index >= 15 is 0 Å².